The van der Waals surface area contributed by atoms with E-state index in [0.29, 0.717) is 12.1 Å². The number of rotatable bonds is 4. The molecular formula is C15H22N4O2. The number of nitrogens with one attached hydrogen (secondary N) is 2. The van der Waals surface area contributed by atoms with E-state index in [-0.39, 0.29) is 18.4 Å². The van der Waals surface area contributed by atoms with Crippen LogP contribution in [0.3, 0.4) is 0 Å². The molecule has 114 valence electrons. The summed E-state index contributed by atoms with van der Waals surface area (Å²) in [5.41, 5.74) is 2.36. The number of hydrogen-bond donors (Lipinski definition) is 2. The third-order valence-electron chi connectivity index (χ3n) is 3.53. The topological polar surface area (TPSA) is 64.7 Å². The minimum Gasteiger partial charge on any atom is -0.382 e. The van der Waals surface area contributed by atoms with Gasteiger partial charge < -0.3 is 20.4 Å². The number of anilines is 2. The molecule has 1 heterocycles. The maximum absolute atomic E-state index is 12.7. The Morgan fingerprint density at radius 3 is 2.57 bits per heavy atom. The highest BCUT2D eigenvalue weighted by molar-refractivity contribution is 6.03. The normalized spacial score (nSPS) is 12.7. The Balaban J connectivity index is 2.24. The molecule has 0 aliphatic carbocycles. The van der Waals surface area contributed by atoms with Crippen LogP contribution in [0.15, 0.2) is 18.2 Å². The molecule has 1 aromatic carbocycles. The standard InChI is InChI=1S/C15H22N4O2/c1-4-19(10-13(20)18(2)3)15(21)11-6-5-7-12-14(11)17-9-8-16-12/h5-7,16-17H,4,8-10H2,1-3H3. The van der Waals surface area contributed by atoms with Crippen LogP contribution in [0.4, 0.5) is 11.4 Å². The summed E-state index contributed by atoms with van der Waals surface area (Å²) in [6, 6.07) is 5.59. The van der Waals surface area contributed by atoms with Gasteiger partial charge in [-0.05, 0) is 19.1 Å². The first kappa shape index (κ1) is 15.2. The molecule has 21 heavy (non-hydrogen) atoms. The minimum absolute atomic E-state index is 0.0823. The number of carbonyl (C=O) groups is 2. The van der Waals surface area contributed by atoms with Gasteiger partial charge in [0.2, 0.25) is 5.91 Å². The predicted molar refractivity (Wildman–Crippen MR) is 83.7 cm³/mol. The van der Waals surface area contributed by atoms with Gasteiger partial charge >= 0.3 is 0 Å². The Labute approximate surface area is 125 Å². The van der Waals surface area contributed by atoms with Gasteiger partial charge in [-0.2, -0.15) is 0 Å². The van der Waals surface area contributed by atoms with Gasteiger partial charge in [0.05, 0.1) is 23.5 Å². The maximum atomic E-state index is 12.7. The number of fused-ring (bicyclic) bond motifs is 1. The summed E-state index contributed by atoms with van der Waals surface area (Å²) >= 11 is 0. The highest BCUT2D eigenvalue weighted by Crippen LogP contribution is 2.29. The van der Waals surface area contributed by atoms with Crippen LogP contribution >= 0.6 is 0 Å². The van der Waals surface area contributed by atoms with Gasteiger partial charge in [-0.3, -0.25) is 9.59 Å². The van der Waals surface area contributed by atoms with Gasteiger partial charge in [0.15, 0.2) is 0 Å². The molecule has 0 radical (unpaired) electrons. The molecule has 1 aliphatic heterocycles. The van der Waals surface area contributed by atoms with Crippen LogP contribution in [-0.2, 0) is 4.79 Å². The molecule has 0 saturated heterocycles. The highest BCUT2D eigenvalue weighted by Gasteiger charge is 2.23. The summed E-state index contributed by atoms with van der Waals surface area (Å²) in [5.74, 6) is -0.207. The second kappa shape index (κ2) is 6.47. The second-order valence-electron chi connectivity index (χ2n) is 5.19. The zero-order chi connectivity index (χ0) is 15.4. The van der Waals surface area contributed by atoms with Crippen molar-refractivity contribution in [2.24, 2.45) is 0 Å². The van der Waals surface area contributed by atoms with Crippen molar-refractivity contribution >= 4 is 23.2 Å². The minimum atomic E-state index is -0.124. The first-order valence-electron chi connectivity index (χ1n) is 7.14. The van der Waals surface area contributed by atoms with Crippen molar-refractivity contribution in [3.8, 4) is 0 Å². The second-order valence-corrected chi connectivity index (χ2v) is 5.19. The zero-order valence-corrected chi connectivity index (χ0v) is 12.8. The van der Waals surface area contributed by atoms with Crippen LogP contribution in [0, 0.1) is 0 Å². The molecule has 0 atom stereocenters. The number of amides is 2. The van der Waals surface area contributed by atoms with E-state index >= 15 is 0 Å². The number of nitrogens with zero attached hydrogens (tertiary/aromatic N) is 2. The monoisotopic (exact) mass is 290 g/mol. The summed E-state index contributed by atoms with van der Waals surface area (Å²) in [6.07, 6.45) is 0. The Bertz CT molecular complexity index is 542. The Morgan fingerprint density at radius 1 is 1.19 bits per heavy atom. The lowest BCUT2D eigenvalue weighted by Crippen LogP contribution is -2.40. The molecule has 2 amide bonds. The quantitative estimate of drug-likeness (QED) is 0.871. The van der Waals surface area contributed by atoms with Gasteiger partial charge in [-0.15, -0.1) is 0 Å². The summed E-state index contributed by atoms with van der Waals surface area (Å²) in [4.78, 5) is 27.6. The maximum Gasteiger partial charge on any atom is 0.256 e. The van der Waals surface area contributed by atoms with Crippen molar-refractivity contribution in [2.75, 3.05) is 50.9 Å². The van der Waals surface area contributed by atoms with Crippen molar-refractivity contribution in [3.05, 3.63) is 23.8 Å². The van der Waals surface area contributed by atoms with Crippen molar-refractivity contribution in [1.29, 1.82) is 0 Å². The van der Waals surface area contributed by atoms with Crippen molar-refractivity contribution in [2.45, 2.75) is 6.92 Å². The van der Waals surface area contributed by atoms with Crippen LogP contribution < -0.4 is 10.6 Å². The van der Waals surface area contributed by atoms with E-state index in [9.17, 15) is 9.59 Å². The molecule has 0 saturated carbocycles. The number of likely N-dealkylation sites (N-methyl/N-ethyl adjacent to an activating group) is 2. The van der Waals surface area contributed by atoms with Gasteiger partial charge in [-0.1, -0.05) is 6.07 Å². The fourth-order valence-electron chi connectivity index (χ4n) is 2.26. The van der Waals surface area contributed by atoms with Crippen LogP contribution in [-0.4, -0.2) is 61.9 Å². The average Bonchev–Trinajstić information content (AvgIpc) is 2.51. The summed E-state index contributed by atoms with van der Waals surface area (Å²) in [7, 11) is 3.38. The van der Waals surface area contributed by atoms with Crippen LogP contribution in [0.1, 0.15) is 17.3 Å². The third kappa shape index (κ3) is 3.26. The van der Waals surface area contributed by atoms with Gasteiger partial charge in [0.1, 0.15) is 0 Å². The fourth-order valence-corrected chi connectivity index (χ4v) is 2.26. The van der Waals surface area contributed by atoms with Crippen LogP contribution in [0.5, 0.6) is 0 Å². The summed E-state index contributed by atoms with van der Waals surface area (Å²) in [5, 5.41) is 6.53. The third-order valence-corrected chi connectivity index (χ3v) is 3.53. The van der Waals surface area contributed by atoms with E-state index < -0.39 is 0 Å². The van der Waals surface area contributed by atoms with E-state index in [1.165, 1.54) is 4.90 Å². The van der Waals surface area contributed by atoms with E-state index in [0.717, 1.165) is 24.5 Å². The van der Waals surface area contributed by atoms with Gasteiger partial charge in [-0.25, -0.2) is 0 Å². The van der Waals surface area contributed by atoms with E-state index in [2.05, 4.69) is 10.6 Å². The van der Waals surface area contributed by atoms with Crippen LogP contribution in [0.25, 0.3) is 0 Å². The first-order valence-corrected chi connectivity index (χ1v) is 7.14. The van der Waals surface area contributed by atoms with Gasteiger partial charge in [0.25, 0.3) is 5.91 Å². The van der Waals surface area contributed by atoms with Crippen molar-refractivity contribution < 1.29 is 9.59 Å². The predicted octanol–water partition coefficient (Wildman–Crippen LogP) is 1.07. The fraction of sp³-hybridized carbons (Fsp3) is 0.467. The molecule has 0 aromatic heterocycles. The Hall–Kier alpha value is -2.24. The molecule has 2 rings (SSSR count). The lowest BCUT2D eigenvalue weighted by Gasteiger charge is -2.26. The van der Waals surface area contributed by atoms with E-state index in [1.54, 1.807) is 25.1 Å². The summed E-state index contributed by atoms with van der Waals surface area (Å²) < 4.78 is 0. The van der Waals surface area contributed by atoms with Crippen molar-refractivity contribution in [3.63, 3.8) is 0 Å². The number of para-hydroxylation sites is 1. The average molecular weight is 290 g/mol. The van der Waals surface area contributed by atoms with Gasteiger partial charge in [0, 0.05) is 33.7 Å². The van der Waals surface area contributed by atoms with E-state index in [1.807, 2.05) is 19.1 Å². The molecule has 2 N–H and O–H groups in total. The van der Waals surface area contributed by atoms with Crippen molar-refractivity contribution in [1.82, 2.24) is 9.80 Å². The largest absolute Gasteiger partial charge is 0.382 e. The molecule has 0 bridgehead atoms. The molecule has 1 aliphatic rings. The molecule has 0 fully saturated rings. The smallest absolute Gasteiger partial charge is 0.256 e. The molecular weight excluding hydrogens is 268 g/mol. The molecule has 1 aromatic rings. The number of benzene rings is 1. The number of carbonyl (C=O) groups excluding carboxylic acids is 2. The highest BCUT2D eigenvalue weighted by atomic mass is 16.2. The van der Waals surface area contributed by atoms with Crippen LogP contribution in [0.2, 0.25) is 0 Å². The molecule has 6 heteroatoms. The lowest BCUT2D eigenvalue weighted by molar-refractivity contribution is -0.129. The molecule has 0 spiro atoms. The Kier molecular flexibility index (Phi) is 4.67. The lowest BCUT2D eigenvalue weighted by atomic mass is 10.1. The SMILES string of the molecule is CCN(CC(=O)N(C)C)C(=O)c1cccc2c1NCCN2. The molecule has 0 unspecified atom stereocenters. The number of hydrogen-bond acceptors (Lipinski definition) is 4. The zero-order valence-electron chi connectivity index (χ0n) is 12.8. The first-order chi connectivity index (χ1) is 10.0. The molecule has 6 nitrogen and oxygen atoms in total. The summed E-state index contributed by atoms with van der Waals surface area (Å²) in [6.45, 7) is 4.08. The van der Waals surface area contributed by atoms with E-state index in [4.69, 9.17) is 0 Å². The Morgan fingerprint density at radius 2 is 1.90 bits per heavy atom.